The lowest BCUT2D eigenvalue weighted by molar-refractivity contribution is 0.389. The zero-order chi connectivity index (χ0) is 17.3. The highest BCUT2D eigenvalue weighted by Crippen LogP contribution is 2.13. The van der Waals surface area contributed by atoms with Crippen LogP contribution in [0.5, 0.6) is 0 Å². The van der Waals surface area contributed by atoms with Crippen molar-refractivity contribution >= 4 is 12.4 Å². The second-order valence-electron chi connectivity index (χ2n) is 7.64. The molecule has 4 N–H and O–H groups in total. The van der Waals surface area contributed by atoms with Crippen LogP contribution in [0.15, 0.2) is 30.3 Å². The van der Waals surface area contributed by atoms with E-state index in [2.05, 4.69) is 49.3 Å². The maximum absolute atomic E-state index is 2.29. The Morgan fingerprint density at radius 2 is 0.926 bits per heavy atom. The molecule has 162 valence electrons. The molecular formula is C23H46ClNO2. The van der Waals surface area contributed by atoms with Crippen molar-refractivity contribution in [3.05, 3.63) is 35.9 Å². The average molecular weight is 404 g/mol. The molecule has 3 nitrogen and oxygen atoms in total. The first kappa shape index (κ1) is 31.1. The first-order valence-corrected chi connectivity index (χ1v) is 10.5. The van der Waals surface area contributed by atoms with Crippen molar-refractivity contribution in [1.29, 1.82) is 0 Å². The summed E-state index contributed by atoms with van der Waals surface area (Å²) in [6.07, 6.45) is 19.9. The van der Waals surface area contributed by atoms with Gasteiger partial charge in [0.15, 0.2) is 0 Å². The summed E-state index contributed by atoms with van der Waals surface area (Å²) in [6, 6.07) is 10.9. The third kappa shape index (κ3) is 21.5. The second-order valence-corrected chi connectivity index (χ2v) is 7.64. The molecule has 0 atom stereocenters. The summed E-state index contributed by atoms with van der Waals surface area (Å²) in [5.74, 6) is 0. The quantitative estimate of drug-likeness (QED) is 0.329. The van der Waals surface area contributed by atoms with Crippen LogP contribution >= 0.6 is 12.4 Å². The van der Waals surface area contributed by atoms with Crippen molar-refractivity contribution in [3.8, 4) is 0 Å². The van der Waals surface area contributed by atoms with Crippen LogP contribution in [0.3, 0.4) is 0 Å². The van der Waals surface area contributed by atoms with E-state index in [1.807, 2.05) is 0 Å². The van der Waals surface area contributed by atoms with Crippen molar-refractivity contribution in [1.82, 2.24) is 4.90 Å². The normalized spacial score (nSPS) is 10.0. The molecule has 0 fully saturated rings. The molecule has 0 saturated carbocycles. The minimum Gasteiger partial charge on any atom is -0.412 e. The van der Waals surface area contributed by atoms with E-state index in [-0.39, 0.29) is 23.4 Å². The number of hydrogen-bond donors (Lipinski definition) is 0. The molecule has 0 unspecified atom stereocenters. The van der Waals surface area contributed by atoms with Crippen molar-refractivity contribution in [3.63, 3.8) is 0 Å². The Morgan fingerprint density at radius 1 is 0.556 bits per heavy atom. The van der Waals surface area contributed by atoms with Crippen molar-refractivity contribution in [2.45, 2.75) is 89.9 Å². The zero-order valence-electron chi connectivity index (χ0n) is 17.8. The number of benzene rings is 1. The minimum absolute atomic E-state index is 0. The number of rotatable bonds is 16. The number of halogens is 1. The van der Waals surface area contributed by atoms with Gasteiger partial charge in [0.05, 0.1) is 0 Å². The summed E-state index contributed by atoms with van der Waals surface area (Å²) >= 11 is 0. The summed E-state index contributed by atoms with van der Waals surface area (Å²) in [4.78, 5) is 2.29. The Kier molecular flexibility index (Phi) is 27.0. The lowest BCUT2D eigenvalue weighted by Gasteiger charge is -2.08. The molecule has 0 spiro atoms. The first-order valence-electron chi connectivity index (χ1n) is 10.5. The van der Waals surface area contributed by atoms with Crippen LogP contribution in [0.2, 0.25) is 0 Å². The molecule has 1 aromatic rings. The van der Waals surface area contributed by atoms with Gasteiger partial charge in [-0.1, -0.05) is 101 Å². The molecule has 1 rings (SSSR count). The van der Waals surface area contributed by atoms with E-state index in [4.69, 9.17) is 0 Å². The Labute approximate surface area is 175 Å². The van der Waals surface area contributed by atoms with Crippen molar-refractivity contribution < 1.29 is 11.0 Å². The molecule has 0 bridgehead atoms. The van der Waals surface area contributed by atoms with Crippen molar-refractivity contribution in [2.24, 2.45) is 0 Å². The summed E-state index contributed by atoms with van der Waals surface area (Å²) in [5.41, 5.74) is 1.50. The summed E-state index contributed by atoms with van der Waals surface area (Å²) < 4.78 is 0. The molecule has 0 aliphatic rings. The Balaban J connectivity index is -0.00000192. The highest BCUT2D eigenvalue weighted by molar-refractivity contribution is 5.85. The van der Waals surface area contributed by atoms with E-state index >= 15 is 0 Å². The van der Waals surface area contributed by atoms with Gasteiger partial charge < -0.3 is 15.9 Å². The molecule has 4 heteroatoms. The fourth-order valence-corrected chi connectivity index (χ4v) is 3.35. The smallest absolute Gasteiger partial charge is 0.00248 e. The molecular weight excluding hydrogens is 358 g/mol. The minimum atomic E-state index is 0. The van der Waals surface area contributed by atoms with E-state index in [0.717, 1.165) is 0 Å². The number of hydrogen-bond acceptors (Lipinski definition) is 1. The van der Waals surface area contributed by atoms with Gasteiger partial charge in [-0.15, -0.1) is 12.4 Å². The fraction of sp³-hybridized carbons (Fsp3) is 0.739. The molecule has 0 aromatic heterocycles. The third-order valence-corrected chi connectivity index (χ3v) is 4.91. The SMILES string of the molecule is CN(C)CCCCCCCCCCCCCCCc1ccccc1.Cl.O.O. The third-order valence-electron chi connectivity index (χ3n) is 4.91. The lowest BCUT2D eigenvalue weighted by Crippen LogP contribution is -2.12. The van der Waals surface area contributed by atoms with Gasteiger partial charge in [-0.05, 0) is 45.5 Å². The van der Waals surface area contributed by atoms with Crippen LogP contribution in [-0.2, 0) is 6.42 Å². The van der Waals surface area contributed by atoms with Gasteiger partial charge in [-0.3, -0.25) is 0 Å². The monoisotopic (exact) mass is 403 g/mol. The predicted octanol–water partition coefficient (Wildman–Crippen LogP) is 5.63. The summed E-state index contributed by atoms with van der Waals surface area (Å²) in [5, 5.41) is 0. The molecule has 1 aromatic carbocycles. The van der Waals surface area contributed by atoms with Gasteiger partial charge in [0.25, 0.3) is 0 Å². The maximum atomic E-state index is 2.29. The van der Waals surface area contributed by atoms with Crippen LogP contribution < -0.4 is 0 Å². The van der Waals surface area contributed by atoms with Crippen LogP contribution in [0.4, 0.5) is 0 Å². The number of nitrogens with zero attached hydrogens (tertiary/aromatic N) is 1. The van der Waals surface area contributed by atoms with Crippen LogP contribution in [0.1, 0.15) is 89.0 Å². The summed E-state index contributed by atoms with van der Waals surface area (Å²) in [6.45, 7) is 1.26. The summed E-state index contributed by atoms with van der Waals surface area (Å²) in [7, 11) is 4.34. The molecule has 0 radical (unpaired) electrons. The van der Waals surface area contributed by atoms with Crippen molar-refractivity contribution in [2.75, 3.05) is 20.6 Å². The predicted molar refractivity (Wildman–Crippen MR) is 123 cm³/mol. The number of aryl methyl sites for hydroxylation is 1. The van der Waals surface area contributed by atoms with Crippen LogP contribution in [-0.4, -0.2) is 36.5 Å². The Bertz CT molecular complexity index is 374. The van der Waals surface area contributed by atoms with Gasteiger partial charge in [0.2, 0.25) is 0 Å². The zero-order valence-corrected chi connectivity index (χ0v) is 18.7. The molecule has 0 amide bonds. The van der Waals surface area contributed by atoms with E-state index in [1.54, 1.807) is 0 Å². The molecule has 0 heterocycles. The largest absolute Gasteiger partial charge is 0.412 e. The second kappa shape index (κ2) is 23.4. The maximum Gasteiger partial charge on any atom is -0.00248 e. The lowest BCUT2D eigenvalue weighted by atomic mass is 10.0. The van der Waals surface area contributed by atoms with Gasteiger partial charge in [0.1, 0.15) is 0 Å². The van der Waals surface area contributed by atoms with Crippen LogP contribution in [0.25, 0.3) is 0 Å². The first-order chi connectivity index (χ1) is 11.8. The Morgan fingerprint density at radius 3 is 1.33 bits per heavy atom. The highest BCUT2D eigenvalue weighted by Gasteiger charge is 1.96. The van der Waals surface area contributed by atoms with Crippen LogP contribution in [0, 0.1) is 0 Å². The van der Waals surface area contributed by atoms with E-state index in [0.29, 0.717) is 0 Å². The standard InChI is InChI=1S/C23H41N.ClH.2H2O/c1-24(2)22-18-13-11-9-7-5-3-4-6-8-10-12-15-19-23-20-16-14-17-21-23;;;/h14,16-17,20-21H,3-13,15,18-19,22H2,1-2H3;1H;2*1H2. The molecule has 0 aliphatic carbocycles. The van der Waals surface area contributed by atoms with Gasteiger partial charge in [-0.25, -0.2) is 0 Å². The van der Waals surface area contributed by atoms with Gasteiger partial charge in [0, 0.05) is 0 Å². The van der Waals surface area contributed by atoms with E-state index < -0.39 is 0 Å². The topological polar surface area (TPSA) is 66.2 Å². The highest BCUT2D eigenvalue weighted by atomic mass is 35.5. The molecule has 0 saturated heterocycles. The Hall–Kier alpha value is -0.610. The molecule has 27 heavy (non-hydrogen) atoms. The van der Waals surface area contributed by atoms with Gasteiger partial charge >= 0.3 is 0 Å². The number of unbranched alkanes of at least 4 members (excludes halogenated alkanes) is 12. The van der Waals surface area contributed by atoms with E-state index in [1.165, 1.54) is 102 Å². The average Bonchev–Trinajstić information content (AvgIpc) is 2.59. The fourth-order valence-electron chi connectivity index (χ4n) is 3.35. The van der Waals surface area contributed by atoms with E-state index in [9.17, 15) is 0 Å². The van der Waals surface area contributed by atoms with Gasteiger partial charge in [-0.2, -0.15) is 0 Å². The molecule has 0 aliphatic heterocycles.